The zero-order valence-corrected chi connectivity index (χ0v) is 12.9. The zero-order chi connectivity index (χ0) is 14.1. The van der Waals surface area contributed by atoms with Gasteiger partial charge in [-0.1, -0.05) is 24.3 Å². The highest BCUT2D eigenvalue weighted by atomic mass is 32.1. The fraction of sp³-hybridized carbons (Fsp3) is 0.312. The molecule has 0 amide bonds. The SMILES string of the molecule is Cc1ccccc1[C@H](C)NCc1c(C)nc2sccn12. The van der Waals surface area contributed by atoms with Gasteiger partial charge in [0.1, 0.15) is 0 Å². The number of nitrogens with one attached hydrogen (secondary N) is 1. The summed E-state index contributed by atoms with van der Waals surface area (Å²) in [6.07, 6.45) is 2.09. The maximum absolute atomic E-state index is 4.58. The van der Waals surface area contributed by atoms with Gasteiger partial charge in [0.15, 0.2) is 4.96 Å². The number of rotatable bonds is 4. The molecule has 104 valence electrons. The van der Waals surface area contributed by atoms with E-state index in [1.54, 1.807) is 11.3 Å². The Bertz CT molecular complexity index is 726. The summed E-state index contributed by atoms with van der Waals surface area (Å²) in [4.78, 5) is 5.65. The van der Waals surface area contributed by atoms with Crippen molar-refractivity contribution >= 4 is 16.3 Å². The Balaban J connectivity index is 1.78. The van der Waals surface area contributed by atoms with Crippen LogP contribution >= 0.6 is 11.3 Å². The Hall–Kier alpha value is -1.65. The van der Waals surface area contributed by atoms with Crippen molar-refractivity contribution in [2.45, 2.75) is 33.4 Å². The van der Waals surface area contributed by atoms with E-state index in [4.69, 9.17) is 0 Å². The first-order chi connectivity index (χ1) is 9.66. The second-order valence-electron chi connectivity index (χ2n) is 5.16. The molecule has 0 saturated carbocycles. The van der Waals surface area contributed by atoms with Crippen LogP contribution in [0.4, 0.5) is 0 Å². The summed E-state index contributed by atoms with van der Waals surface area (Å²) in [6, 6.07) is 8.87. The lowest BCUT2D eigenvalue weighted by atomic mass is 10.0. The predicted octanol–water partition coefficient (Wildman–Crippen LogP) is 3.86. The van der Waals surface area contributed by atoms with Gasteiger partial charge in [0, 0.05) is 24.2 Å². The quantitative estimate of drug-likeness (QED) is 0.788. The van der Waals surface area contributed by atoms with Crippen LogP contribution in [0.15, 0.2) is 35.8 Å². The Labute approximate surface area is 123 Å². The van der Waals surface area contributed by atoms with Crippen molar-refractivity contribution in [3.63, 3.8) is 0 Å². The van der Waals surface area contributed by atoms with Crippen LogP contribution in [0.2, 0.25) is 0 Å². The number of hydrogen-bond acceptors (Lipinski definition) is 3. The van der Waals surface area contributed by atoms with E-state index in [0.717, 1.165) is 17.2 Å². The number of thiazole rings is 1. The maximum Gasteiger partial charge on any atom is 0.194 e. The molecule has 0 aliphatic carbocycles. The zero-order valence-electron chi connectivity index (χ0n) is 12.1. The average molecular weight is 285 g/mol. The first-order valence-electron chi connectivity index (χ1n) is 6.86. The van der Waals surface area contributed by atoms with E-state index in [9.17, 15) is 0 Å². The lowest BCUT2D eigenvalue weighted by Gasteiger charge is -2.16. The molecule has 20 heavy (non-hydrogen) atoms. The van der Waals surface area contributed by atoms with Gasteiger partial charge in [0.05, 0.1) is 11.4 Å². The van der Waals surface area contributed by atoms with Crippen LogP contribution in [0.3, 0.4) is 0 Å². The summed E-state index contributed by atoms with van der Waals surface area (Å²) in [5, 5.41) is 5.69. The summed E-state index contributed by atoms with van der Waals surface area (Å²) in [5.41, 5.74) is 5.05. The van der Waals surface area contributed by atoms with Gasteiger partial charge in [-0.15, -0.1) is 11.3 Å². The molecule has 3 aromatic rings. The molecule has 1 N–H and O–H groups in total. The highest BCUT2D eigenvalue weighted by Gasteiger charge is 2.12. The number of benzene rings is 1. The van der Waals surface area contributed by atoms with E-state index in [-0.39, 0.29) is 0 Å². The van der Waals surface area contributed by atoms with Gasteiger partial charge in [0.25, 0.3) is 0 Å². The van der Waals surface area contributed by atoms with Crippen LogP contribution in [-0.4, -0.2) is 9.38 Å². The second kappa shape index (κ2) is 5.38. The van der Waals surface area contributed by atoms with Crippen molar-refractivity contribution in [2.24, 2.45) is 0 Å². The highest BCUT2D eigenvalue weighted by molar-refractivity contribution is 7.15. The first-order valence-corrected chi connectivity index (χ1v) is 7.74. The van der Waals surface area contributed by atoms with E-state index in [0.29, 0.717) is 6.04 Å². The van der Waals surface area contributed by atoms with Crippen LogP contribution in [0.25, 0.3) is 4.96 Å². The standard InChI is InChI=1S/C16H19N3S/c1-11-6-4-5-7-14(11)12(2)17-10-15-13(3)18-16-19(15)8-9-20-16/h4-9,12,17H,10H2,1-3H3/t12-/m0/s1. The van der Waals surface area contributed by atoms with E-state index in [2.05, 4.69) is 71.3 Å². The van der Waals surface area contributed by atoms with E-state index in [1.807, 2.05) is 0 Å². The lowest BCUT2D eigenvalue weighted by Crippen LogP contribution is -2.20. The molecule has 3 rings (SSSR count). The van der Waals surface area contributed by atoms with Crippen molar-refractivity contribution < 1.29 is 0 Å². The minimum absolute atomic E-state index is 0.333. The van der Waals surface area contributed by atoms with Gasteiger partial charge in [-0.3, -0.25) is 4.40 Å². The number of imidazole rings is 1. The monoisotopic (exact) mass is 285 g/mol. The van der Waals surface area contributed by atoms with Gasteiger partial charge in [0.2, 0.25) is 0 Å². The van der Waals surface area contributed by atoms with Crippen LogP contribution in [0.1, 0.15) is 35.5 Å². The summed E-state index contributed by atoms with van der Waals surface area (Å²) >= 11 is 1.68. The molecule has 2 heterocycles. The molecule has 0 aliphatic rings. The van der Waals surface area contributed by atoms with Gasteiger partial charge in [-0.25, -0.2) is 4.98 Å². The van der Waals surface area contributed by atoms with Gasteiger partial charge in [-0.05, 0) is 31.9 Å². The Morgan fingerprint density at radius 1 is 1.30 bits per heavy atom. The number of aromatic nitrogens is 2. The van der Waals surface area contributed by atoms with Crippen molar-refractivity contribution in [2.75, 3.05) is 0 Å². The second-order valence-corrected chi connectivity index (χ2v) is 6.03. The van der Waals surface area contributed by atoms with Crippen molar-refractivity contribution in [1.29, 1.82) is 0 Å². The fourth-order valence-electron chi connectivity index (χ4n) is 2.59. The fourth-order valence-corrected chi connectivity index (χ4v) is 3.36. The topological polar surface area (TPSA) is 29.3 Å². The van der Waals surface area contributed by atoms with Crippen LogP contribution < -0.4 is 5.32 Å². The van der Waals surface area contributed by atoms with Crippen molar-refractivity contribution in [3.8, 4) is 0 Å². The summed E-state index contributed by atoms with van der Waals surface area (Å²) in [6.45, 7) is 7.28. The molecule has 0 saturated heterocycles. The minimum Gasteiger partial charge on any atom is -0.305 e. The van der Waals surface area contributed by atoms with Gasteiger partial charge in [-0.2, -0.15) is 0 Å². The molecule has 0 bridgehead atoms. The molecular weight excluding hydrogens is 266 g/mol. The number of nitrogens with zero attached hydrogens (tertiary/aromatic N) is 2. The molecule has 0 fully saturated rings. The molecule has 1 atom stereocenters. The van der Waals surface area contributed by atoms with Crippen LogP contribution in [0.5, 0.6) is 0 Å². The van der Waals surface area contributed by atoms with Gasteiger partial charge < -0.3 is 5.32 Å². The van der Waals surface area contributed by atoms with Crippen molar-refractivity contribution in [1.82, 2.24) is 14.7 Å². The van der Waals surface area contributed by atoms with Crippen molar-refractivity contribution in [3.05, 3.63) is 58.4 Å². The molecule has 0 spiro atoms. The molecule has 2 aromatic heterocycles. The number of aryl methyl sites for hydroxylation is 2. The Morgan fingerprint density at radius 3 is 2.90 bits per heavy atom. The maximum atomic E-state index is 4.58. The predicted molar refractivity (Wildman–Crippen MR) is 84.2 cm³/mol. The van der Waals surface area contributed by atoms with Crippen LogP contribution in [0, 0.1) is 13.8 Å². The third kappa shape index (κ3) is 2.37. The summed E-state index contributed by atoms with van der Waals surface area (Å²) in [5.74, 6) is 0. The molecule has 0 unspecified atom stereocenters. The van der Waals surface area contributed by atoms with Crippen LogP contribution in [-0.2, 0) is 6.54 Å². The molecule has 0 radical (unpaired) electrons. The number of hydrogen-bond donors (Lipinski definition) is 1. The van der Waals surface area contributed by atoms with E-state index >= 15 is 0 Å². The van der Waals surface area contributed by atoms with E-state index < -0.39 is 0 Å². The largest absolute Gasteiger partial charge is 0.305 e. The third-order valence-corrected chi connectivity index (χ3v) is 4.55. The average Bonchev–Trinajstić information content (AvgIpc) is 2.97. The molecule has 1 aromatic carbocycles. The molecular formula is C16H19N3S. The smallest absolute Gasteiger partial charge is 0.194 e. The Kier molecular flexibility index (Phi) is 3.59. The molecule has 0 aliphatic heterocycles. The molecule has 3 nitrogen and oxygen atoms in total. The summed E-state index contributed by atoms with van der Waals surface area (Å²) < 4.78 is 2.18. The molecule has 4 heteroatoms. The highest BCUT2D eigenvalue weighted by Crippen LogP contribution is 2.20. The minimum atomic E-state index is 0.333. The van der Waals surface area contributed by atoms with Gasteiger partial charge >= 0.3 is 0 Å². The Morgan fingerprint density at radius 2 is 2.10 bits per heavy atom. The lowest BCUT2D eigenvalue weighted by molar-refractivity contribution is 0.562. The third-order valence-electron chi connectivity index (χ3n) is 3.79. The normalized spacial score (nSPS) is 12.9. The first kappa shape index (κ1) is 13.3. The van der Waals surface area contributed by atoms with E-state index in [1.165, 1.54) is 16.8 Å². The number of fused-ring (bicyclic) bond motifs is 1. The summed E-state index contributed by atoms with van der Waals surface area (Å²) in [7, 11) is 0.